The minimum absolute atomic E-state index is 0.226. The molecule has 4 aliphatic carbocycles. The molecular formula is C42H49Cl2N5O4. The van der Waals surface area contributed by atoms with Gasteiger partial charge < -0.3 is 19.9 Å². The van der Waals surface area contributed by atoms with Crippen LogP contribution in [0.2, 0.25) is 10.0 Å². The van der Waals surface area contributed by atoms with E-state index in [1.54, 1.807) is 12.1 Å². The number of nitrogens with one attached hydrogen (secondary N) is 1. The third kappa shape index (κ3) is 7.36. The third-order valence-corrected chi connectivity index (χ3v) is 13.0. The molecule has 2 N–H and O–H groups in total. The van der Waals surface area contributed by atoms with Crippen LogP contribution in [0.4, 0.5) is 5.69 Å². The first kappa shape index (κ1) is 36.2. The minimum atomic E-state index is -1.10. The summed E-state index contributed by atoms with van der Waals surface area (Å²) in [5, 5.41) is 23.9. The number of anilines is 1. The Morgan fingerprint density at radius 2 is 1.91 bits per heavy atom. The van der Waals surface area contributed by atoms with Crippen molar-refractivity contribution in [3.63, 3.8) is 0 Å². The van der Waals surface area contributed by atoms with Crippen LogP contribution in [0.15, 0.2) is 54.9 Å². The SMILES string of the molecule is C[C@@H](COc1ccnc2c1[C@H](C)CCC2)CC1Cc2cc(Cl)c(OCCn3cc(C4CC4)nn3)cc2C12CCC(Nc1cccc(Cl)c1)(C(=O)O)CC2. The molecule has 0 bridgehead atoms. The molecule has 2 saturated carbocycles. The molecule has 8 rings (SSSR count). The number of fused-ring (bicyclic) bond motifs is 3. The van der Waals surface area contributed by atoms with Crippen molar-refractivity contribution in [3.05, 3.63) is 93.0 Å². The van der Waals surface area contributed by atoms with Crippen LogP contribution in [0.1, 0.15) is 112 Å². The van der Waals surface area contributed by atoms with E-state index in [1.165, 1.54) is 41.6 Å². The number of aromatic nitrogens is 4. The number of hydrogen-bond acceptors (Lipinski definition) is 7. The van der Waals surface area contributed by atoms with Crippen molar-refractivity contribution < 1.29 is 19.4 Å². The third-order valence-electron chi connectivity index (χ3n) is 12.5. The normalized spacial score (nSPS) is 25.4. The fourth-order valence-electron chi connectivity index (χ4n) is 9.46. The van der Waals surface area contributed by atoms with E-state index >= 15 is 0 Å². The molecule has 0 radical (unpaired) electrons. The zero-order chi connectivity index (χ0) is 36.7. The van der Waals surface area contributed by atoms with Crippen molar-refractivity contribution in [3.8, 4) is 11.5 Å². The second-order valence-corrected chi connectivity index (χ2v) is 17.0. The lowest BCUT2D eigenvalue weighted by Gasteiger charge is -2.47. The van der Waals surface area contributed by atoms with E-state index in [4.69, 9.17) is 32.7 Å². The van der Waals surface area contributed by atoms with Gasteiger partial charge in [-0.3, -0.25) is 4.98 Å². The second-order valence-electron chi connectivity index (χ2n) is 16.2. The molecular weight excluding hydrogens is 709 g/mol. The quantitative estimate of drug-likeness (QED) is 0.139. The van der Waals surface area contributed by atoms with Crippen LogP contribution < -0.4 is 14.8 Å². The van der Waals surface area contributed by atoms with Gasteiger partial charge in [-0.05, 0) is 141 Å². The number of carboxylic acid groups (broad SMARTS) is 1. The largest absolute Gasteiger partial charge is 0.493 e. The predicted octanol–water partition coefficient (Wildman–Crippen LogP) is 9.40. The second kappa shape index (κ2) is 14.8. The van der Waals surface area contributed by atoms with Crippen molar-refractivity contribution >= 4 is 34.9 Å². The zero-order valence-corrected chi connectivity index (χ0v) is 32.1. The molecule has 2 fully saturated rings. The number of pyridine rings is 1. The van der Waals surface area contributed by atoms with Gasteiger partial charge in [0.2, 0.25) is 0 Å². The van der Waals surface area contributed by atoms with E-state index in [9.17, 15) is 9.90 Å². The number of aliphatic carboxylic acids is 1. The fraction of sp³-hybridized carbons (Fsp3) is 0.524. The number of carboxylic acids is 1. The molecule has 2 heterocycles. The van der Waals surface area contributed by atoms with E-state index < -0.39 is 11.5 Å². The number of nitrogens with zero attached hydrogens (tertiary/aromatic N) is 4. The molecule has 3 atom stereocenters. The maximum absolute atomic E-state index is 13.0. The Hall–Kier alpha value is -3.82. The van der Waals surface area contributed by atoms with Crippen LogP contribution in [-0.4, -0.2) is 49.8 Å². The van der Waals surface area contributed by atoms with Gasteiger partial charge in [0.15, 0.2) is 0 Å². The maximum atomic E-state index is 13.0. The molecule has 9 nitrogen and oxygen atoms in total. The molecule has 0 saturated heterocycles. The average molecular weight is 759 g/mol. The Balaban J connectivity index is 1.03. The summed E-state index contributed by atoms with van der Waals surface area (Å²) in [4.78, 5) is 17.7. The van der Waals surface area contributed by atoms with Crippen LogP contribution in [0.3, 0.4) is 0 Å². The van der Waals surface area contributed by atoms with E-state index in [0.717, 1.165) is 55.7 Å². The lowest BCUT2D eigenvalue weighted by Crippen LogP contribution is -2.53. The average Bonchev–Trinajstić information content (AvgIpc) is 3.82. The summed E-state index contributed by atoms with van der Waals surface area (Å²) in [7, 11) is 0. The summed E-state index contributed by atoms with van der Waals surface area (Å²) in [6.45, 7) is 6.16. The fourth-order valence-corrected chi connectivity index (χ4v) is 9.89. The van der Waals surface area contributed by atoms with Gasteiger partial charge in [-0.1, -0.05) is 48.3 Å². The Labute approximate surface area is 321 Å². The lowest BCUT2D eigenvalue weighted by molar-refractivity contribution is -0.144. The monoisotopic (exact) mass is 757 g/mol. The van der Waals surface area contributed by atoms with E-state index in [-0.39, 0.29) is 11.3 Å². The first-order chi connectivity index (χ1) is 25.6. The summed E-state index contributed by atoms with van der Waals surface area (Å²) in [6, 6.07) is 13.6. The van der Waals surface area contributed by atoms with E-state index in [1.807, 2.05) is 35.3 Å². The topological polar surface area (TPSA) is 111 Å². The van der Waals surface area contributed by atoms with Gasteiger partial charge >= 0.3 is 5.97 Å². The Kier molecular flexibility index (Phi) is 10.1. The molecule has 53 heavy (non-hydrogen) atoms. The Morgan fingerprint density at radius 3 is 2.68 bits per heavy atom. The standard InChI is InChI=1S/C42H49Cl2N5O4/c1-26(25-53-37-11-16-45-35-8-3-5-27(2)39(35)37)19-30-20-29-21-34(44)38(52-18-17-49-24-36(47-48-49)28-9-10-28)23-33(29)41(30)12-14-42(15-13-41,40(50)51)46-32-7-4-6-31(43)22-32/h4,6-7,11,16,21-24,26-28,30,46H,3,5,8-10,12-15,17-20,25H2,1-2H3,(H,50,51)/t26-,27-,30?,41?,42?/m1/s1. The highest BCUT2D eigenvalue weighted by Gasteiger charge is 2.54. The molecule has 0 aliphatic heterocycles. The first-order valence-electron chi connectivity index (χ1n) is 19.4. The van der Waals surface area contributed by atoms with Crippen molar-refractivity contribution in [2.75, 3.05) is 18.5 Å². The minimum Gasteiger partial charge on any atom is -0.493 e. The number of rotatable bonds is 13. The van der Waals surface area contributed by atoms with Gasteiger partial charge in [-0.25, -0.2) is 9.48 Å². The number of hydrogen-bond donors (Lipinski definition) is 2. The Bertz CT molecular complexity index is 1970. The number of benzene rings is 2. The van der Waals surface area contributed by atoms with Crippen LogP contribution in [0.5, 0.6) is 11.5 Å². The number of aryl methyl sites for hydroxylation is 1. The smallest absolute Gasteiger partial charge is 0.329 e. The first-order valence-corrected chi connectivity index (χ1v) is 20.1. The highest BCUT2D eigenvalue weighted by Crippen LogP contribution is 2.57. The Morgan fingerprint density at radius 1 is 1.08 bits per heavy atom. The molecule has 2 aromatic heterocycles. The van der Waals surface area contributed by atoms with Crippen molar-refractivity contribution in [1.29, 1.82) is 0 Å². The van der Waals surface area contributed by atoms with Gasteiger partial charge in [-0.2, -0.15) is 0 Å². The van der Waals surface area contributed by atoms with Gasteiger partial charge in [0, 0.05) is 40.3 Å². The van der Waals surface area contributed by atoms with E-state index in [0.29, 0.717) is 66.1 Å². The molecule has 1 spiro atoms. The molecule has 1 unspecified atom stereocenters. The maximum Gasteiger partial charge on any atom is 0.329 e. The molecule has 4 aliphatic rings. The highest BCUT2D eigenvalue weighted by molar-refractivity contribution is 6.32. The zero-order valence-electron chi connectivity index (χ0n) is 30.6. The van der Waals surface area contributed by atoms with Gasteiger partial charge in [0.1, 0.15) is 23.6 Å². The number of ether oxygens (including phenoxy) is 2. The van der Waals surface area contributed by atoms with Crippen LogP contribution in [-0.2, 0) is 29.6 Å². The predicted molar refractivity (Wildman–Crippen MR) is 207 cm³/mol. The summed E-state index contributed by atoms with van der Waals surface area (Å²) in [5.41, 5.74) is 5.37. The molecule has 11 heteroatoms. The van der Waals surface area contributed by atoms with Crippen LogP contribution >= 0.6 is 23.2 Å². The molecule has 2 aromatic carbocycles. The molecule has 0 amide bonds. The summed E-state index contributed by atoms with van der Waals surface area (Å²) in [6.07, 6.45) is 13.8. The van der Waals surface area contributed by atoms with Crippen LogP contribution in [0, 0.1) is 11.8 Å². The van der Waals surface area contributed by atoms with Crippen molar-refractivity contribution in [2.45, 2.75) is 114 Å². The van der Waals surface area contributed by atoms with Crippen molar-refractivity contribution in [1.82, 2.24) is 20.0 Å². The number of halogens is 2. The van der Waals surface area contributed by atoms with Crippen molar-refractivity contribution in [2.24, 2.45) is 11.8 Å². The molecule has 4 aromatic rings. The lowest BCUT2D eigenvalue weighted by atomic mass is 9.59. The van der Waals surface area contributed by atoms with Gasteiger partial charge in [0.05, 0.1) is 23.9 Å². The van der Waals surface area contributed by atoms with E-state index in [2.05, 4.69) is 46.6 Å². The summed E-state index contributed by atoms with van der Waals surface area (Å²) in [5.74, 6) is 2.36. The number of carbonyl (C=O) groups is 1. The molecule has 280 valence electrons. The highest BCUT2D eigenvalue weighted by atomic mass is 35.5. The van der Waals surface area contributed by atoms with Gasteiger partial charge in [-0.15, -0.1) is 5.10 Å². The summed E-state index contributed by atoms with van der Waals surface area (Å²) < 4.78 is 14.8. The van der Waals surface area contributed by atoms with Crippen LogP contribution in [0.25, 0.3) is 0 Å². The summed E-state index contributed by atoms with van der Waals surface area (Å²) >= 11 is 13.2. The van der Waals surface area contributed by atoms with Gasteiger partial charge in [0.25, 0.3) is 0 Å².